The Bertz CT molecular complexity index is 1030. The molecule has 0 aliphatic carbocycles. The van der Waals surface area contributed by atoms with Gasteiger partial charge in [-0.25, -0.2) is 18.7 Å². The van der Waals surface area contributed by atoms with Gasteiger partial charge in [-0.15, -0.1) is 0 Å². The number of benzene rings is 1. The first-order valence-corrected chi connectivity index (χ1v) is 8.44. The van der Waals surface area contributed by atoms with E-state index in [0.717, 1.165) is 24.4 Å². The summed E-state index contributed by atoms with van der Waals surface area (Å²) < 4.78 is 68.2. The number of nitrogens with zero attached hydrogens (tertiary/aromatic N) is 3. The van der Waals surface area contributed by atoms with Crippen LogP contribution in [0.4, 0.5) is 27.6 Å². The molecule has 3 aromatic rings. The molecule has 2 aromatic heterocycles. The van der Waals surface area contributed by atoms with Crippen molar-refractivity contribution in [3.05, 3.63) is 70.4 Å². The third-order valence-electron chi connectivity index (χ3n) is 3.64. The fourth-order valence-electron chi connectivity index (χ4n) is 2.42. The number of amides is 1. The van der Waals surface area contributed by atoms with E-state index in [1.54, 1.807) is 0 Å². The van der Waals surface area contributed by atoms with Crippen LogP contribution in [-0.2, 0) is 17.4 Å². The number of carbonyl (C=O) groups is 1. The molecule has 0 saturated carbocycles. The number of alkyl halides is 3. The number of carbonyl (C=O) groups excluding carboxylic acids is 1. The average molecular weight is 461 g/mol. The van der Waals surface area contributed by atoms with E-state index in [9.17, 15) is 26.7 Å². The summed E-state index contributed by atoms with van der Waals surface area (Å²) in [7, 11) is 0. The first kappa shape index (κ1) is 19.9. The van der Waals surface area contributed by atoms with Crippen LogP contribution in [0.1, 0.15) is 11.1 Å². The molecule has 2 heterocycles. The second-order valence-electron chi connectivity index (χ2n) is 5.63. The lowest BCUT2D eigenvalue weighted by molar-refractivity contribution is -0.140. The van der Waals surface area contributed by atoms with Crippen molar-refractivity contribution in [2.75, 3.05) is 5.32 Å². The molecule has 5 nitrogen and oxygen atoms in total. The van der Waals surface area contributed by atoms with Crippen molar-refractivity contribution in [2.45, 2.75) is 12.6 Å². The third kappa shape index (κ3) is 4.35. The van der Waals surface area contributed by atoms with Crippen LogP contribution in [0.5, 0.6) is 0 Å². The fraction of sp³-hybridized carbons (Fsp3) is 0.118. The minimum absolute atomic E-state index is 0.0298. The van der Waals surface area contributed by atoms with E-state index in [-0.39, 0.29) is 11.5 Å². The van der Waals surface area contributed by atoms with Crippen molar-refractivity contribution in [3.8, 4) is 5.82 Å². The standard InChI is InChI=1S/C17H10BrF5N4O/c18-13-7-27(8-25-13)16-12(19)5-10(6-24-16)26-14(28)4-9-2-1-3-11(15(9)20)17(21,22)23/h1-3,5-8H,4H2,(H,26,28). The molecule has 1 N–H and O–H groups in total. The Kier molecular flexibility index (Phi) is 5.45. The van der Waals surface area contributed by atoms with Gasteiger partial charge in [0.1, 0.15) is 16.7 Å². The molecule has 0 aliphatic heterocycles. The summed E-state index contributed by atoms with van der Waals surface area (Å²) in [5, 5.41) is 2.28. The Labute approximate surface area is 163 Å². The molecule has 0 aliphatic rings. The van der Waals surface area contributed by atoms with E-state index in [0.29, 0.717) is 10.7 Å². The monoisotopic (exact) mass is 460 g/mol. The predicted molar refractivity (Wildman–Crippen MR) is 92.8 cm³/mol. The number of pyridine rings is 1. The molecule has 0 bridgehead atoms. The van der Waals surface area contributed by atoms with Crippen molar-refractivity contribution in [1.82, 2.24) is 14.5 Å². The molecule has 146 valence electrons. The molecule has 28 heavy (non-hydrogen) atoms. The summed E-state index contributed by atoms with van der Waals surface area (Å²) in [5.74, 6) is -3.18. The van der Waals surface area contributed by atoms with Crippen LogP contribution in [0.15, 0.2) is 47.6 Å². The van der Waals surface area contributed by atoms with E-state index < -0.39 is 41.3 Å². The van der Waals surface area contributed by atoms with Crippen LogP contribution in [0.3, 0.4) is 0 Å². The van der Waals surface area contributed by atoms with Crippen molar-refractivity contribution in [3.63, 3.8) is 0 Å². The maximum Gasteiger partial charge on any atom is 0.419 e. The van der Waals surface area contributed by atoms with E-state index in [4.69, 9.17) is 0 Å². The lowest BCUT2D eigenvalue weighted by atomic mass is 10.1. The second kappa shape index (κ2) is 7.66. The van der Waals surface area contributed by atoms with Gasteiger partial charge < -0.3 is 5.32 Å². The number of nitrogens with one attached hydrogen (secondary N) is 1. The van der Waals surface area contributed by atoms with Crippen LogP contribution in [0.2, 0.25) is 0 Å². The summed E-state index contributed by atoms with van der Waals surface area (Å²) in [6.07, 6.45) is -1.58. The fourth-order valence-corrected chi connectivity index (χ4v) is 2.73. The topological polar surface area (TPSA) is 59.8 Å². The van der Waals surface area contributed by atoms with Crippen LogP contribution < -0.4 is 5.32 Å². The summed E-state index contributed by atoms with van der Waals surface area (Å²) >= 11 is 3.12. The Morgan fingerprint density at radius 2 is 1.96 bits per heavy atom. The molecule has 0 spiro atoms. The number of anilines is 1. The molecular weight excluding hydrogens is 451 g/mol. The lowest BCUT2D eigenvalue weighted by Crippen LogP contribution is -2.17. The Hall–Kier alpha value is -2.82. The maximum atomic E-state index is 14.2. The average Bonchev–Trinajstić information content (AvgIpc) is 3.02. The Balaban J connectivity index is 1.75. The lowest BCUT2D eigenvalue weighted by Gasteiger charge is -2.11. The quantitative estimate of drug-likeness (QED) is 0.582. The van der Waals surface area contributed by atoms with Gasteiger partial charge in [-0.05, 0) is 27.6 Å². The number of rotatable bonds is 4. The van der Waals surface area contributed by atoms with Gasteiger partial charge in [-0.3, -0.25) is 9.36 Å². The largest absolute Gasteiger partial charge is 0.419 e. The summed E-state index contributed by atoms with van der Waals surface area (Å²) in [4.78, 5) is 19.8. The zero-order valence-corrected chi connectivity index (χ0v) is 15.4. The number of halogens is 6. The van der Waals surface area contributed by atoms with E-state index in [2.05, 4.69) is 31.2 Å². The summed E-state index contributed by atoms with van der Waals surface area (Å²) in [6, 6.07) is 3.65. The molecule has 1 aromatic carbocycles. The zero-order valence-electron chi connectivity index (χ0n) is 13.8. The normalized spacial score (nSPS) is 11.5. The van der Waals surface area contributed by atoms with Crippen LogP contribution in [-0.4, -0.2) is 20.4 Å². The van der Waals surface area contributed by atoms with Gasteiger partial charge in [0.15, 0.2) is 11.6 Å². The van der Waals surface area contributed by atoms with Gasteiger partial charge in [0.2, 0.25) is 5.91 Å². The van der Waals surface area contributed by atoms with Crippen molar-refractivity contribution in [2.24, 2.45) is 0 Å². The number of hydrogen-bond donors (Lipinski definition) is 1. The van der Waals surface area contributed by atoms with Crippen molar-refractivity contribution >= 4 is 27.5 Å². The number of hydrogen-bond acceptors (Lipinski definition) is 3. The summed E-state index contributed by atoms with van der Waals surface area (Å²) in [5.41, 5.74) is -1.92. The first-order chi connectivity index (χ1) is 13.1. The van der Waals surface area contributed by atoms with Gasteiger partial charge in [0, 0.05) is 12.3 Å². The van der Waals surface area contributed by atoms with E-state index >= 15 is 0 Å². The molecule has 0 radical (unpaired) electrons. The highest BCUT2D eigenvalue weighted by Gasteiger charge is 2.34. The van der Waals surface area contributed by atoms with E-state index in [1.807, 2.05) is 0 Å². The second-order valence-corrected chi connectivity index (χ2v) is 6.45. The predicted octanol–water partition coefficient (Wildman–Crippen LogP) is 4.51. The van der Waals surface area contributed by atoms with Crippen LogP contribution in [0.25, 0.3) is 5.82 Å². The molecule has 1 amide bonds. The number of aromatic nitrogens is 3. The number of imidazole rings is 1. The van der Waals surface area contributed by atoms with Gasteiger partial charge in [0.25, 0.3) is 0 Å². The van der Waals surface area contributed by atoms with Crippen molar-refractivity contribution in [1.29, 1.82) is 0 Å². The molecular formula is C17H10BrF5N4O. The SMILES string of the molecule is O=C(Cc1cccc(C(F)(F)F)c1F)Nc1cnc(-n2cnc(Br)c2)c(F)c1. The maximum absolute atomic E-state index is 14.2. The first-order valence-electron chi connectivity index (χ1n) is 7.65. The molecule has 0 atom stereocenters. The molecule has 0 fully saturated rings. The highest BCUT2D eigenvalue weighted by Crippen LogP contribution is 2.32. The smallest absolute Gasteiger partial charge is 0.324 e. The summed E-state index contributed by atoms with van der Waals surface area (Å²) in [6.45, 7) is 0. The highest BCUT2D eigenvalue weighted by molar-refractivity contribution is 9.10. The Morgan fingerprint density at radius 3 is 2.57 bits per heavy atom. The molecule has 0 saturated heterocycles. The van der Waals surface area contributed by atoms with Crippen LogP contribution >= 0.6 is 15.9 Å². The highest BCUT2D eigenvalue weighted by atomic mass is 79.9. The van der Waals surface area contributed by atoms with Gasteiger partial charge >= 0.3 is 6.18 Å². The third-order valence-corrected chi connectivity index (χ3v) is 4.05. The molecule has 3 rings (SSSR count). The molecule has 11 heteroatoms. The minimum Gasteiger partial charge on any atom is -0.324 e. The molecule has 0 unspecified atom stereocenters. The van der Waals surface area contributed by atoms with Gasteiger partial charge in [-0.2, -0.15) is 13.2 Å². The van der Waals surface area contributed by atoms with Crippen molar-refractivity contribution < 1.29 is 26.7 Å². The minimum atomic E-state index is -4.87. The van der Waals surface area contributed by atoms with E-state index in [1.165, 1.54) is 17.1 Å². The van der Waals surface area contributed by atoms with Gasteiger partial charge in [0.05, 0.1) is 23.9 Å². The van der Waals surface area contributed by atoms with Gasteiger partial charge in [-0.1, -0.05) is 12.1 Å². The van der Waals surface area contributed by atoms with Crippen LogP contribution in [0, 0.1) is 11.6 Å². The Morgan fingerprint density at radius 1 is 1.21 bits per heavy atom. The zero-order chi connectivity index (χ0) is 20.5.